The Labute approximate surface area is 531 Å². The fourth-order valence-electron chi connectivity index (χ4n) is 11.8. The summed E-state index contributed by atoms with van der Waals surface area (Å²) in [5, 5.41) is 19.9. The van der Waals surface area contributed by atoms with E-state index in [4.69, 9.17) is 19.5 Å². The van der Waals surface area contributed by atoms with Crippen LogP contribution in [-0.2, 0) is 25.2 Å². The minimum absolute atomic E-state index is 0.115. The first-order valence-corrected chi connectivity index (χ1v) is 33.7. The minimum atomic E-state index is -4.56. The Morgan fingerprint density at radius 2 is 1.03 bits per heavy atom. The Bertz CT molecular complexity index is 3100. The molecular weight excluding hydrogens is 1180 g/mol. The predicted molar refractivity (Wildman–Crippen MR) is 345 cm³/mol. The van der Waals surface area contributed by atoms with Gasteiger partial charge in [-0.1, -0.05) is 150 Å². The molecule has 0 radical (unpaired) electrons. The molecule has 3 aliphatic heterocycles. The van der Waals surface area contributed by atoms with E-state index in [9.17, 15) is 46.5 Å². The first-order valence-electron chi connectivity index (χ1n) is 31.7. The van der Waals surface area contributed by atoms with E-state index in [1.54, 1.807) is 98.2 Å². The van der Waals surface area contributed by atoms with Crippen molar-refractivity contribution in [2.24, 2.45) is 15.9 Å². The van der Waals surface area contributed by atoms with Crippen molar-refractivity contribution in [2.45, 2.75) is 168 Å². The van der Waals surface area contributed by atoms with E-state index in [0.29, 0.717) is 49.7 Å². The van der Waals surface area contributed by atoms with Crippen LogP contribution < -0.4 is 4.90 Å². The molecule has 0 saturated carbocycles. The number of carbonyl (C=O) groups excluding carboxylic acids is 2. The number of amidine groups is 2. The van der Waals surface area contributed by atoms with Gasteiger partial charge in [0.25, 0.3) is 0 Å². The quantitative estimate of drug-likeness (QED) is 0.0357. The first-order chi connectivity index (χ1) is 42.9. The monoisotopic (exact) mass is 1270 g/mol. The second-order valence-corrected chi connectivity index (χ2v) is 25.3. The molecule has 20 heteroatoms. The largest absolute Gasteiger partial charge is 0.463 e. The predicted octanol–water partition coefficient (Wildman–Crippen LogP) is 16.8. The molecule has 1 fully saturated rings. The van der Waals surface area contributed by atoms with Crippen LogP contribution in [0.5, 0.6) is 0 Å². The van der Waals surface area contributed by atoms with Crippen LogP contribution in [-0.4, -0.2) is 113 Å². The molecule has 4 unspecified atom stereocenters. The van der Waals surface area contributed by atoms with Crippen molar-refractivity contribution in [1.29, 1.82) is 10.5 Å². The number of halogens is 6. The zero-order chi connectivity index (χ0) is 63.9. The topological polar surface area (TPSA) is 138 Å². The number of nitriles is 2. The summed E-state index contributed by atoms with van der Waals surface area (Å²) < 4.78 is 95.0. The van der Waals surface area contributed by atoms with Gasteiger partial charge in [-0.05, 0) is 132 Å². The number of esters is 2. The smallest absolute Gasteiger partial charge is 0.416 e. The summed E-state index contributed by atoms with van der Waals surface area (Å²) in [5.74, 6) is -0.0473. The zero-order valence-corrected chi connectivity index (χ0v) is 53.8. The van der Waals surface area contributed by atoms with E-state index in [1.807, 2.05) is 6.92 Å². The molecule has 12 nitrogen and oxygen atoms in total. The second-order valence-electron chi connectivity index (χ2n) is 23.2. The molecule has 3 heterocycles. The Balaban J connectivity index is 0.754. The average molecular weight is 1270 g/mol. The maximum absolute atomic E-state index is 14.1. The Morgan fingerprint density at radius 3 is 1.48 bits per heavy atom. The van der Waals surface area contributed by atoms with Gasteiger partial charge in [-0.2, -0.15) is 36.9 Å². The van der Waals surface area contributed by atoms with E-state index in [1.165, 1.54) is 87.0 Å². The van der Waals surface area contributed by atoms with E-state index >= 15 is 0 Å². The molecule has 0 aromatic heterocycles. The Kier molecular flexibility index (Phi) is 27.4. The van der Waals surface area contributed by atoms with Crippen LogP contribution in [0.4, 0.5) is 32.0 Å². The number of aliphatic imine (C=N–C) groups is 2. The lowest BCUT2D eigenvalue weighted by molar-refractivity contribution is -0.139. The maximum atomic E-state index is 14.1. The van der Waals surface area contributed by atoms with Gasteiger partial charge in [0.05, 0.1) is 64.8 Å². The molecule has 0 amide bonds. The van der Waals surface area contributed by atoms with E-state index in [-0.39, 0.29) is 36.0 Å². The second kappa shape index (κ2) is 34.8. The van der Waals surface area contributed by atoms with Gasteiger partial charge in [-0.25, -0.2) is 19.6 Å². The zero-order valence-electron chi connectivity index (χ0n) is 52.1. The number of unbranched alkanes of at least 4 members (excludes halogenated alkanes) is 14. The summed E-state index contributed by atoms with van der Waals surface area (Å²) in [6.45, 7) is 15.7. The van der Waals surface area contributed by atoms with Crippen molar-refractivity contribution >= 4 is 51.5 Å². The van der Waals surface area contributed by atoms with Crippen LogP contribution in [0, 0.1) is 28.6 Å². The third kappa shape index (κ3) is 20.1. The summed E-state index contributed by atoms with van der Waals surface area (Å²) in [7, 11) is 0. The summed E-state index contributed by atoms with van der Waals surface area (Å²) in [4.78, 5) is 45.9. The Morgan fingerprint density at radius 1 is 0.596 bits per heavy atom. The highest BCUT2D eigenvalue weighted by molar-refractivity contribution is 8.14. The van der Waals surface area contributed by atoms with Crippen molar-refractivity contribution in [1.82, 2.24) is 14.7 Å². The minimum Gasteiger partial charge on any atom is -0.463 e. The van der Waals surface area contributed by atoms with Crippen LogP contribution in [0.15, 0.2) is 129 Å². The van der Waals surface area contributed by atoms with Crippen molar-refractivity contribution < 1.29 is 45.4 Å². The fraction of sp³-hybridized carbons (Fsp3) is 0.536. The van der Waals surface area contributed by atoms with Gasteiger partial charge in [-0.3, -0.25) is 4.90 Å². The molecule has 4 aliphatic rings. The number of alkyl halides is 6. The lowest BCUT2D eigenvalue weighted by atomic mass is 9.89. The van der Waals surface area contributed by atoms with Crippen LogP contribution in [0.2, 0.25) is 0 Å². The lowest BCUT2D eigenvalue weighted by Gasteiger charge is -2.41. The highest BCUT2D eigenvalue weighted by Crippen LogP contribution is 2.44. The molecule has 1 aliphatic carbocycles. The lowest BCUT2D eigenvalue weighted by Crippen LogP contribution is -2.46. The number of allylic oxidation sites excluding steroid dienone is 4. The number of benzene rings is 3. The van der Waals surface area contributed by atoms with E-state index < -0.39 is 53.6 Å². The molecule has 0 bridgehead atoms. The normalized spacial score (nSPS) is 19.4. The summed E-state index contributed by atoms with van der Waals surface area (Å²) in [5.41, 5.74) is 2.47. The van der Waals surface area contributed by atoms with Crippen molar-refractivity contribution in [3.8, 4) is 12.1 Å². The Hall–Kier alpha value is -6.32. The molecule has 1 saturated heterocycles. The standard InChI is InChI=1S/C69H86F6N8O4S2/c1-6-86-64(84)60-50(4)82(58-26-24-25-56(45-58)68(70,71)72)66(78-62(60)54-32-28-52(47-76)29-33-54)88-43-22-18-14-10-8-12-16-20-37-80-39-41-81(42-40-80)38-21-17-13-9-11-15-19-23-44-89-67-79-63(55-34-30-53(48-77)31-35-55)61(65(85)87-7-2)51(5)83(67)59-46-57(69(73,74)75)36-27-49(59)3/h24-36,45-46,49,59,62-63H,6-23,37-44H2,1-5H3. The first kappa shape index (κ1) is 70.1. The number of rotatable bonds is 30. The number of ether oxygens (including phenoxy) is 2. The molecule has 89 heavy (non-hydrogen) atoms. The number of carbonyl (C=O) groups is 2. The van der Waals surface area contributed by atoms with Crippen LogP contribution >= 0.6 is 23.5 Å². The van der Waals surface area contributed by atoms with Crippen LogP contribution in [0.3, 0.4) is 0 Å². The van der Waals surface area contributed by atoms with Crippen LogP contribution in [0.1, 0.15) is 177 Å². The average Bonchev–Trinajstić information content (AvgIpc) is 0.871. The number of nitrogens with zero attached hydrogens (tertiary/aromatic N) is 8. The van der Waals surface area contributed by atoms with Gasteiger partial charge in [0, 0.05) is 54.8 Å². The maximum Gasteiger partial charge on any atom is 0.416 e. The van der Waals surface area contributed by atoms with Gasteiger partial charge in [-0.15, -0.1) is 0 Å². The molecular formula is C69H86F6N8O4S2. The third-order valence-electron chi connectivity index (χ3n) is 16.8. The summed E-state index contributed by atoms with van der Waals surface area (Å²) in [6.07, 6.45) is 12.8. The highest BCUT2D eigenvalue weighted by Gasteiger charge is 2.42. The molecule has 480 valence electrons. The summed E-state index contributed by atoms with van der Waals surface area (Å²) in [6, 6.07) is 20.8. The molecule has 3 aromatic carbocycles. The number of piperazine rings is 1. The van der Waals surface area contributed by atoms with E-state index in [0.717, 1.165) is 115 Å². The van der Waals surface area contributed by atoms with Gasteiger partial charge in [0.15, 0.2) is 10.3 Å². The molecule has 0 spiro atoms. The van der Waals surface area contributed by atoms with Gasteiger partial charge >= 0.3 is 24.3 Å². The molecule has 7 rings (SSSR count). The SMILES string of the molecule is CCOC(=O)C1=C(C)N(c2cccc(C(F)(F)F)c2)C(SCCCCCCCCCCN2CCN(CCCCCCCCCCSC3=NC(c4ccc(C#N)cc4)C(C(=O)OCC)=C(C)N3C3C=C(C(F)(F)F)C=CC3C)CC2)=NC1c1ccc(C#N)cc1. The highest BCUT2D eigenvalue weighted by atomic mass is 32.2. The molecule has 0 N–H and O–H groups in total. The number of hydrogen-bond acceptors (Lipinski definition) is 14. The number of anilines is 1. The fourth-order valence-corrected chi connectivity index (χ4v) is 14.0. The van der Waals surface area contributed by atoms with E-state index in [2.05, 4.69) is 21.9 Å². The number of thioether (sulfide) groups is 2. The molecule has 4 atom stereocenters. The van der Waals surface area contributed by atoms with Crippen molar-refractivity contribution in [3.63, 3.8) is 0 Å². The van der Waals surface area contributed by atoms with Crippen molar-refractivity contribution in [3.05, 3.63) is 147 Å². The van der Waals surface area contributed by atoms with Gasteiger partial charge in [0.2, 0.25) is 0 Å². The number of hydrogen-bond donors (Lipinski definition) is 0. The molecule has 3 aromatic rings. The third-order valence-corrected chi connectivity index (χ3v) is 18.9. The summed E-state index contributed by atoms with van der Waals surface area (Å²) >= 11 is 2.98. The van der Waals surface area contributed by atoms with Gasteiger partial charge < -0.3 is 24.2 Å². The van der Waals surface area contributed by atoms with Crippen molar-refractivity contribution in [2.75, 3.05) is 68.9 Å². The van der Waals surface area contributed by atoms with Crippen LogP contribution in [0.25, 0.3) is 0 Å². The van der Waals surface area contributed by atoms with Gasteiger partial charge in [0.1, 0.15) is 12.1 Å².